The van der Waals surface area contributed by atoms with Crippen LogP contribution >= 0.6 is 0 Å². The molecule has 8 heteroatoms. The van der Waals surface area contributed by atoms with Crippen LogP contribution in [0.1, 0.15) is 11.1 Å². The van der Waals surface area contributed by atoms with Gasteiger partial charge in [0, 0.05) is 0 Å². The van der Waals surface area contributed by atoms with Crippen molar-refractivity contribution in [1.29, 1.82) is 0 Å². The molecule has 0 radical (unpaired) electrons. The van der Waals surface area contributed by atoms with Gasteiger partial charge in [-0.05, 0) is 41.5 Å². The second-order valence-electron chi connectivity index (χ2n) is 5.58. The molecule has 2 aromatic rings. The lowest BCUT2D eigenvalue weighted by Crippen LogP contribution is -2.53. The zero-order chi connectivity index (χ0) is 18.8. The first-order valence-electron chi connectivity index (χ1n) is 7.50. The molecule has 0 bridgehead atoms. The van der Waals surface area contributed by atoms with E-state index in [1.807, 2.05) is 0 Å². The predicted octanol–water partition coefficient (Wildman–Crippen LogP) is 1.90. The van der Waals surface area contributed by atoms with Crippen molar-refractivity contribution in [3.05, 3.63) is 65.0 Å². The number of hydrogen-bond acceptors (Lipinski definition) is 5. The molecule has 132 valence electrons. The minimum atomic E-state index is -0.880. The highest BCUT2D eigenvalue weighted by molar-refractivity contribution is 6.30. The summed E-state index contributed by atoms with van der Waals surface area (Å²) in [5, 5.41) is 20.9. The number of carbonyl (C=O) groups excluding carboxylic acids is 3. The summed E-state index contributed by atoms with van der Waals surface area (Å²) in [6.45, 7) is -0.142. The van der Waals surface area contributed by atoms with Gasteiger partial charge in [0.05, 0.1) is 6.54 Å². The second kappa shape index (κ2) is 6.67. The molecule has 0 saturated carbocycles. The number of nitrogens with zero attached hydrogens (tertiary/aromatic N) is 1. The van der Waals surface area contributed by atoms with E-state index in [4.69, 9.17) is 0 Å². The Morgan fingerprint density at radius 2 is 1.69 bits per heavy atom. The molecule has 1 heterocycles. The van der Waals surface area contributed by atoms with E-state index in [2.05, 4.69) is 5.32 Å². The molecule has 0 atom stereocenters. The minimum Gasteiger partial charge on any atom is -0.504 e. The number of imide groups is 2. The monoisotopic (exact) mass is 356 g/mol. The zero-order valence-electron chi connectivity index (χ0n) is 13.3. The number of hydrogen-bond donors (Lipinski definition) is 3. The number of aromatic hydroxyl groups is 2. The normalized spacial score (nSPS) is 16.1. The van der Waals surface area contributed by atoms with Crippen LogP contribution in [0.15, 0.2) is 48.0 Å². The summed E-state index contributed by atoms with van der Waals surface area (Å²) in [4.78, 5) is 37.4. The first-order chi connectivity index (χ1) is 12.3. The molecule has 0 spiro atoms. The molecule has 1 aliphatic rings. The van der Waals surface area contributed by atoms with Crippen molar-refractivity contribution in [2.75, 3.05) is 0 Å². The molecular weight excluding hydrogens is 343 g/mol. The van der Waals surface area contributed by atoms with Gasteiger partial charge in [-0.1, -0.05) is 18.2 Å². The lowest BCUT2D eigenvalue weighted by molar-refractivity contribution is -0.130. The highest BCUT2D eigenvalue weighted by Gasteiger charge is 2.35. The largest absolute Gasteiger partial charge is 0.504 e. The smallest absolute Gasteiger partial charge is 0.331 e. The van der Waals surface area contributed by atoms with Crippen LogP contribution in [0.5, 0.6) is 11.5 Å². The quantitative estimate of drug-likeness (QED) is 0.442. The Labute approximate surface area is 147 Å². The van der Waals surface area contributed by atoms with Gasteiger partial charge in [-0.2, -0.15) is 0 Å². The highest BCUT2D eigenvalue weighted by Crippen LogP contribution is 2.26. The number of carbonyl (C=O) groups is 3. The third-order valence-electron chi connectivity index (χ3n) is 3.75. The molecule has 2 aromatic carbocycles. The molecular formula is C18H13FN2O5. The van der Waals surface area contributed by atoms with Crippen LogP contribution in [0.25, 0.3) is 6.08 Å². The summed E-state index contributed by atoms with van der Waals surface area (Å²) in [7, 11) is 0. The van der Waals surface area contributed by atoms with Gasteiger partial charge in [0.25, 0.3) is 11.8 Å². The van der Waals surface area contributed by atoms with E-state index in [9.17, 15) is 29.0 Å². The van der Waals surface area contributed by atoms with Crippen LogP contribution in [0.4, 0.5) is 9.18 Å². The molecule has 3 N–H and O–H groups in total. The van der Waals surface area contributed by atoms with Gasteiger partial charge in [-0.3, -0.25) is 19.8 Å². The van der Waals surface area contributed by atoms with Crippen molar-refractivity contribution in [3.63, 3.8) is 0 Å². The lowest BCUT2D eigenvalue weighted by atomic mass is 10.1. The molecule has 0 unspecified atom stereocenters. The van der Waals surface area contributed by atoms with E-state index in [0.717, 1.165) is 4.90 Å². The second-order valence-corrected chi connectivity index (χ2v) is 5.58. The van der Waals surface area contributed by atoms with E-state index in [1.54, 1.807) is 0 Å². The maximum Gasteiger partial charge on any atom is 0.331 e. The van der Waals surface area contributed by atoms with Crippen molar-refractivity contribution < 1.29 is 29.0 Å². The topological polar surface area (TPSA) is 107 Å². The average molecular weight is 356 g/mol. The summed E-state index contributed by atoms with van der Waals surface area (Å²) < 4.78 is 13.0. The number of rotatable bonds is 3. The fourth-order valence-electron chi connectivity index (χ4n) is 2.41. The number of phenolic OH excluding ortho intramolecular Hbond substituents is 2. The van der Waals surface area contributed by atoms with Gasteiger partial charge in [0.2, 0.25) is 0 Å². The van der Waals surface area contributed by atoms with E-state index in [1.165, 1.54) is 48.5 Å². The number of benzene rings is 2. The molecule has 1 aliphatic heterocycles. The number of urea groups is 1. The molecule has 3 rings (SSSR count). The number of barbiturate groups is 1. The number of nitrogens with one attached hydrogen (secondary N) is 1. The van der Waals surface area contributed by atoms with Gasteiger partial charge in [0.1, 0.15) is 11.4 Å². The number of amides is 4. The van der Waals surface area contributed by atoms with E-state index < -0.39 is 29.4 Å². The molecule has 0 aliphatic carbocycles. The maximum atomic E-state index is 13.0. The van der Waals surface area contributed by atoms with Crippen LogP contribution in [-0.4, -0.2) is 33.0 Å². The van der Waals surface area contributed by atoms with Crippen molar-refractivity contribution >= 4 is 23.9 Å². The van der Waals surface area contributed by atoms with Gasteiger partial charge in [0.15, 0.2) is 11.5 Å². The molecule has 7 nitrogen and oxygen atoms in total. The summed E-state index contributed by atoms with van der Waals surface area (Å²) >= 11 is 0. The van der Waals surface area contributed by atoms with Crippen LogP contribution in [0, 0.1) is 5.82 Å². The Hall–Kier alpha value is -3.68. The molecule has 4 amide bonds. The third kappa shape index (κ3) is 3.39. The van der Waals surface area contributed by atoms with Crippen molar-refractivity contribution in [2.24, 2.45) is 0 Å². The first-order valence-corrected chi connectivity index (χ1v) is 7.50. The third-order valence-corrected chi connectivity index (χ3v) is 3.75. The van der Waals surface area contributed by atoms with E-state index in [0.29, 0.717) is 5.56 Å². The van der Waals surface area contributed by atoms with Crippen LogP contribution in [0.3, 0.4) is 0 Å². The Kier molecular flexibility index (Phi) is 4.40. The highest BCUT2D eigenvalue weighted by atomic mass is 19.1. The lowest BCUT2D eigenvalue weighted by Gasteiger charge is -2.26. The zero-order valence-corrected chi connectivity index (χ0v) is 13.3. The fourth-order valence-corrected chi connectivity index (χ4v) is 2.41. The summed E-state index contributed by atoms with van der Waals surface area (Å²) in [5.41, 5.74) is 0.484. The molecule has 26 heavy (non-hydrogen) atoms. The first kappa shape index (κ1) is 17.2. The predicted molar refractivity (Wildman–Crippen MR) is 88.2 cm³/mol. The van der Waals surface area contributed by atoms with Crippen LogP contribution in [-0.2, 0) is 16.1 Å². The van der Waals surface area contributed by atoms with Crippen molar-refractivity contribution in [1.82, 2.24) is 10.2 Å². The number of halogens is 1. The van der Waals surface area contributed by atoms with E-state index in [-0.39, 0.29) is 23.4 Å². The molecule has 0 aromatic heterocycles. The van der Waals surface area contributed by atoms with E-state index >= 15 is 0 Å². The Balaban J connectivity index is 1.90. The SMILES string of the molecule is O=C1NC(=O)N(Cc2ccc(F)cc2)C(=O)/C1=C/c1ccc(O)c(O)c1. The summed E-state index contributed by atoms with van der Waals surface area (Å²) in [6, 6.07) is 8.13. The standard InChI is InChI=1S/C18H13FN2O5/c19-12-4-1-10(2-5-12)9-21-17(25)13(16(24)20-18(21)26)7-11-3-6-14(22)15(23)8-11/h1-8,22-23H,9H2,(H,20,24,26)/b13-7+. The summed E-state index contributed by atoms with van der Waals surface area (Å²) in [5.74, 6) is -2.91. The molecule has 1 saturated heterocycles. The Morgan fingerprint density at radius 3 is 2.35 bits per heavy atom. The average Bonchev–Trinajstić information content (AvgIpc) is 2.60. The Morgan fingerprint density at radius 1 is 1.00 bits per heavy atom. The minimum absolute atomic E-state index is 0.142. The fraction of sp³-hybridized carbons (Fsp3) is 0.0556. The number of phenols is 2. The van der Waals surface area contributed by atoms with Gasteiger partial charge >= 0.3 is 6.03 Å². The van der Waals surface area contributed by atoms with Crippen LogP contribution in [0.2, 0.25) is 0 Å². The summed E-state index contributed by atoms with van der Waals surface area (Å²) in [6.07, 6.45) is 1.20. The Bertz CT molecular complexity index is 937. The maximum absolute atomic E-state index is 13.0. The van der Waals surface area contributed by atoms with Crippen molar-refractivity contribution in [2.45, 2.75) is 6.54 Å². The van der Waals surface area contributed by atoms with Crippen LogP contribution < -0.4 is 5.32 Å². The van der Waals surface area contributed by atoms with Gasteiger partial charge in [-0.15, -0.1) is 0 Å². The van der Waals surface area contributed by atoms with Gasteiger partial charge < -0.3 is 10.2 Å². The van der Waals surface area contributed by atoms with Crippen molar-refractivity contribution in [3.8, 4) is 11.5 Å². The molecule has 1 fully saturated rings. The van der Waals surface area contributed by atoms with Gasteiger partial charge in [-0.25, -0.2) is 9.18 Å².